The Morgan fingerprint density at radius 2 is 2.10 bits per heavy atom. The summed E-state index contributed by atoms with van der Waals surface area (Å²) in [4.78, 5) is 14.1. The Kier molecular flexibility index (Phi) is 6.18. The molecule has 1 unspecified atom stereocenters. The third-order valence-electron chi connectivity index (χ3n) is 4.10. The Hall–Kier alpha value is -1.42. The molecule has 3 nitrogen and oxygen atoms in total. The van der Waals surface area contributed by atoms with Gasteiger partial charge in [0.2, 0.25) is 5.91 Å². The standard InChI is InChI=1S/C17H25FN2O/c1-2-16(14-7-6-8-15(18)13-14)19-10-9-17(21)20-11-4-3-5-12-20/h6-8,13,16,19H,2-5,9-12H2,1H3. The average Bonchev–Trinajstić information content (AvgIpc) is 2.52. The van der Waals surface area contributed by atoms with Gasteiger partial charge in [-0.1, -0.05) is 19.1 Å². The fourth-order valence-corrected chi connectivity index (χ4v) is 2.88. The summed E-state index contributed by atoms with van der Waals surface area (Å²) in [7, 11) is 0. The molecule has 4 heteroatoms. The molecule has 1 aromatic rings. The lowest BCUT2D eigenvalue weighted by Crippen LogP contribution is -2.37. The second-order valence-corrected chi connectivity index (χ2v) is 5.66. The first-order chi connectivity index (χ1) is 10.2. The minimum atomic E-state index is -0.211. The zero-order chi connectivity index (χ0) is 15.1. The highest BCUT2D eigenvalue weighted by Crippen LogP contribution is 2.17. The fourth-order valence-electron chi connectivity index (χ4n) is 2.88. The molecule has 21 heavy (non-hydrogen) atoms. The monoisotopic (exact) mass is 292 g/mol. The van der Waals surface area contributed by atoms with Crippen LogP contribution in [-0.2, 0) is 4.79 Å². The van der Waals surface area contributed by atoms with Crippen molar-refractivity contribution in [2.24, 2.45) is 0 Å². The number of nitrogens with zero attached hydrogens (tertiary/aromatic N) is 1. The van der Waals surface area contributed by atoms with Gasteiger partial charge in [0.15, 0.2) is 0 Å². The van der Waals surface area contributed by atoms with Crippen LogP contribution < -0.4 is 5.32 Å². The number of benzene rings is 1. The predicted molar refractivity (Wildman–Crippen MR) is 82.5 cm³/mol. The molecule has 0 bridgehead atoms. The molecule has 1 atom stereocenters. The van der Waals surface area contributed by atoms with E-state index in [9.17, 15) is 9.18 Å². The van der Waals surface area contributed by atoms with Crippen LogP contribution in [0.15, 0.2) is 24.3 Å². The van der Waals surface area contributed by atoms with E-state index < -0.39 is 0 Å². The molecule has 0 saturated carbocycles. The summed E-state index contributed by atoms with van der Waals surface area (Å²) in [5.41, 5.74) is 0.947. The van der Waals surface area contributed by atoms with Crippen LogP contribution in [-0.4, -0.2) is 30.4 Å². The topological polar surface area (TPSA) is 32.3 Å². The Labute approximate surface area is 126 Å². The van der Waals surface area contributed by atoms with E-state index in [2.05, 4.69) is 12.2 Å². The number of hydrogen-bond donors (Lipinski definition) is 1. The zero-order valence-electron chi connectivity index (χ0n) is 12.8. The number of hydrogen-bond acceptors (Lipinski definition) is 2. The van der Waals surface area contributed by atoms with Crippen LogP contribution >= 0.6 is 0 Å². The van der Waals surface area contributed by atoms with Gasteiger partial charge in [-0.3, -0.25) is 4.79 Å². The number of carbonyl (C=O) groups is 1. The average molecular weight is 292 g/mol. The quantitative estimate of drug-likeness (QED) is 0.873. The van der Waals surface area contributed by atoms with E-state index in [0.717, 1.165) is 37.9 Å². The Morgan fingerprint density at radius 3 is 2.76 bits per heavy atom. The van der Waals surface area contributed by atoms with E-state index in [-0.39, 0.29) is 17.8 Å². The van der Waals surface area contributed by atoms with Gasteiger partial charge in [0.25, 0.3) is 0 Å². The molecule has 0 radical (unpaired) electrons. The molecule has 1 aliphatic rings. The normalized spacial score (nSPS) is 16.8. The highest BCUT2D eigenvalue weighted by Gasteiger charge is 2.16. The van der Waals surface area contributed by atoms with Gasteiger partial charge in [-0.2, -0.15) is 0 Å². The number of rotatable bonds is 6. The molecule has 1 aromatic carbocycles. The molecule has 2 rings (SSSR count). The summed E-state index contributed by atoms with van der Waals surface area (Å²) < 4.78 is 13.3. The second kappa shape index (κ2) is 8.13. The van der Waals surface area contributed by atoms with Gasteiger partial charge in [-0.05, 0) is 43.4 Å². The lowest BCUT2D eigenvalue weighted by Gasteiger charge is -2.27. The van der Waals surface area contributed by atoms with Gasteiger partial charge < -0.3 is 10.2 Å². The van der Waals surface area contributed by atoms with Gasteiger partial charge in [-0.25, -0.2) is 4.39 Å². The molecule has 1 N–H and O–H groups in total. The number of likely N-dealkylation sites (tertiary alicyclic amines) is 1. The number of halogens is 1. The summed E-state index contributed by atoms with van der Waals surface area (Å²) in [6, 6.07) is 6.78. The summed E-state index contributed by atoms with van der Waals surface area (Å²) in [6.45, 7) is 4.51. The van der Waals surface area contributed by atoms with Crippen molar-refractivity contribution in [1.29, 1.82) is 0 Å². The molecule has 1 amide bonds. The number of nitrogens with one attached hydrogen (secondary N) is 1. The van der Waals surface area contributed by atoms with Crippen molar-refractivity contribution in [2.75, 3.05) is 19.6 Å². The maximum Gasteiger partial charge on any atom is 0.223 e. The molecule has 116 valence electrons. The Balaban J connectivity index is 1.79. The van der Waals surface area contributed by atoms with Crippen LogP contribution in [0.3, 0.4) is 0 Å². The number of amides is 1. The van der Waals surface area contributed by atoms with Crippen LogP contribution in [0.4, 0.5) is 4.39 Å². The molecule has 1 fully saturated rings. The molecular weight excluding hydrogens is 267 g/mol. The highest BCUT2D eigenvalue weighted by atomic mass is 19.1. The van der Waals surface area contributed by atoms with E-state index in [1.54, 1.807) is 12.1 Å². The smallest absolute Gasteiger partial charge is 0.223 e. The summed E-state index contributed by atoms with van der Waals surface area (Å²) >= 11 is 0. The lowest BCUT2D eigenvalue weighted by molar-refractivity contribution is -0.132. The van der Waals surface area contributed by atoms with Gasteiger partial charge in [0.1, 0.15) is 5.82 Å². The van der Waals surface area contributed by atoms with E-state index in [0.29, 0.717) is 13.0 Å². The van der Waals surface area contributed by atoms with Crippen LogP contribution in [0, 0.1) is 5.82 Å². The molecule has 0 spiro atoms. The number of carbonyl (C=O) groups excluding carboxylic acids is 1. The molecule has 1 saturated heterocycles. The maximum atomic E-state index is 13.3. The van der Waals surface area contributed by atoms with Crippen molar-refractivity contribution in [3.8, 4) is 0 Å². The van der Waals surface area contributed by atoms with Crippen molar-refractivity contribution < 1.29 is 9.18 Å². The van der Waals surface area contributed by atoms with Crippen molar-refractivity contribution in [3.05, 3.63) is 35.6 Å². The molecular formula is C17H25FN2O. The minimum absolute atomic E-state index is 0.106. The van der Waals surface area contributed by atoms with Crippen LogP contribution in [0.1, 0.15) is 50.6 Å². The van der Waals surface area contributed by atoms with Crippen molar-refractivity contribution in [1.82, 2.24) is 10.2 Å². The molecule has 0 aliphatic carbocycles. The lowest BCUT2D eigenvalue weighted by atomic mass is 10.0. The van der Waals surface area contributed by atoms with Crippen LogP contribution in [0.5, 0.6) is 0 Å². The molecule has 1 aliphatic heterocycles. The Bertz CT molecular complexity index is 458. The highest BCUT2D eigenvalue weighted by molar-refractivity contribution is 5.76. The van der Waals surface area contributed by atoms with E-state index in [1.165, 1.54) is 12.5 Å². The van der Waals surface area contributed by atoms with E-state index >= 15 is 0 Å². The van der Waals surface area contributed by atoms with Crippen LogP contribution in [0.25, 0.3) is 0 Å². The molecule has 0 aromatic heterocycles. The van der Waals surface area contributed by atoms with Crippen LogP contribution in [0.2, 0.25) is 0 Å². The first kappa shape index (κ1) is 16.0. The third kappa shape index (κ3) is 4.81. The predicted octanol–water partition coefficient (Wildman–Crippen LogP) is 3.27. The van der Waals surface area contributed by atoms with Crippen molar-refractivity contribution in [2.45, 2.75) is 45.1 Å². The summed E-state index contributed by atoms with van der Waals surface area (Å²) in [6.07, 6.45) is 4.88. The second-order valence-electron chi connectivity index (χ2n) is 5.66. The van der Waals surface area contributed by atoms with Gasteiger partial charge >= 0.3 is 0 Å². The minimum Gasteiger partial charge on any atom is -0.343 e. The SMILES string of the molecule is CCC(NCCC(=O)N1CCCCC1)c1cccc(F)c1. The largest absolute Gasteiger partial charge is 0.343 e. The fraction of sp³-hybridized carbons (Fsp3) is 0.588. The van der Waals surface area contributed by atoms with E-state index in [4.69, 9.17) is 0 Å². The van der Waals surface area contributed by atoms with Crippen molar-refractivity contribution >= 4 is 5.91 Å². The summed E-state index contributed by atoms with van der Waals surface area (Å²) in [5.74, 6) is 0.0217. The first-order valence-electron chi connectivity index (χ1n) is 7.97. The van der Waals surface area contributed by atoms with E-state index in [1.807, 2.05) is 11.0 Å². The Morgan fingerprint density at radius 1 is 1.33 bits per heavy atom. The maximum absolute atomic E-state index is 13.3. The van der Waals surface area contributed by atoms with Gasteiger partial charge in [0, 0.05) is 32.1 Å². The third-order valence-corrected chi connectivity index (χ3v) is 4.10. The summed E-state index contributed by atoms with van der Waals surface area (Å²) in [5, 5.41) is 3.37. The molecule has 1 heterocycles. The van der Waals surface area contributed by atoms with Gasteiger partial charge in [-0.15, -0.1) is 0 Å². The number of piperidine rings is 1. The first-order valence-corrected chi connectivity index (χ1v) is 7.97. The van der Waals surface area contributed by atoms with Gasteiger partial charge in [0.05, 0.1) is 0 Å². The van der Waals surface area contributed by atoms with Crippen molar-refractivity contribution in [3.63, 3.8) is 0 Å². The zero-order valence-corrected chi connectivity index (χ0v) is 12.8.